The molecule has 2 fully saturated rings. The van der Waals surface area contributed by atoms with E-state index in [2.05, 4.69) is 5.32 Å². The summed E-state index contributed by atoms with van der Waals surface area (Å²) in [4.78, 5) is 39.3. The smallest absolute Gasteiger partial charge is 0.321 e. The van der Waals surface area contributed by atoms with Crippen LogP contribution in [0.2, 0.25) is 0 Å². The van der Waals surface area contributed by atoms with Gasteiger partial charge in [-0.2, -0.15) is 0 Å². The summed E-state index contributed by atoms with van der Waals surface area (Å²) in [5.41, 5.74) is 1.03. The molecule has 0 bridgehead atoms. The number of para-hydroxylation sites is 1. The number of carboxylic acid groups (broad SMARTS) is 1. The molecule has 0 saturated carbocycles. The van der Waals surface area contributed by atoms with Crippen molar-refractivity contribution in [2.24, 2.45) is 11.8 Å². The van der Waals surface area contributed by atoms with Gasteiger partial charge in [0.15, 0.2) is 0 Å². The molecular weight excluding hydrogens is 376 g/mol. The van der Waals surface area contributed by atoms with Crippen LogP contribution in [0.5, 0.6) is 11.5 Å². The summed E-state index contributed by atoms with van der Waals surface area (Å²) in [6, 6.07) is 11.8. The summed E-state index contributed by atoms with van der Waals surface area (Å²) in [6.45, 7) is 0. The molecule has 2 heterocycles. The Morgan fingerprint density at radius 3 is 2.31 bits per heavy atom. The number of amides is 2. The molecule has 2 aromatic carbocycles. The lowest BCUT2D eigenvalue weighted by molar-refractivity contribution is -0.142. The zero-order valence-corrected chi connectivity index (χ0v) is 15.9. The molecule has 8 heteroatoms. The Bertz CT molecular complexity index is 976. The Kier molecular flexibility index (Phi) is 4.71. The van der Waals surface area contributed by atoms with Crippen LogP contribution in [0.1, 0.15) is 11.6 Å². The minimum atomic E-state index is -1.18. The molecule has 0 aromatic heterocycles. The van der Waals surface area contributed by atoms with E-state index in [1.807, 2.05) is 0 Å². The van der Waals surface area contributed by atoms with Crippen LogP contribution in [-0.4, -0.2) is 43.2 Å². The van der Waals surface area contributed by atoms with Crippen LogP contribution >= 0.6 is 0 Å². The zero-order chi connectivity index (χ0) is 20.7. The van der Waals surface area contributed by atoms with E-state index in [0.29, 0.717) is 22.7 Å². The number of nitrogens with zero attached hydrogens (tertiary/aromatic N) is 1. The topological polar surface area (TPSA) is 105 Å². The standard InChI is InChI=1S/C21H20N2O6/c1-28-12-8-9-13(14(10-12)29-2)17-15-16(18(22-17)21(26)27)20(25)23(19(15)24)11-6-4-3-5-7-11/h3-10,15-18,22H,1-2H3,(H,26,27)/t15-,16-,17-,18-/m0/s1. The van der Waals surface area contributed by atoms with Crippen LogP contribution in [0.25, 0.3) is 0 Å². The molecule has 150 valence electrons. The fraction of sp³-hybridized carbons (Fsp3) is 0.286. The number of aliphatic carboxylic acids is 1. The van der Waals surface area contributed by atoms with E-state index in [4.69, 9.17) is 9.47 Å². The van der Waals surface area contributed by atoms with E-state index >= 15 is 0 Å². The first kappa shape index (κ1) is 18.9. The summed E-state index contributed by atoms with van der Waals surface area (Å²) in [5, 5.41) is 12.7. The number of imide groups is 1. The van der Waals surface area contributed by atoms with Crippen molar-refractivity contribution in [1.82, 2.24) is 5.32 Å². The second-order valence-electron chi connectivity index (χ2n) is 6.97. The molecule has 2 aliphatic rings. The average molecular weight is 396 g/mol. The molecule has 0 spiro atoms. The summed E-state index contributed by atoms with van der Waals surface area (Å²) in [6.07, 6.45) is 0. The molecule has 0 aliphatic carbocycles. The quantitative estimate of drug-likeness (QED) is 0.740. The van der Waals surface area contributed by atoms with Crippen LogP contribution in [-0.2, 0) is 14.4 Å². The van der Waals surface area contributed by atoms with E-state index < -0.39 is 41.7 Å². The van der Waals surface area contributed by atoms with Crippen LogP contribution in [0, 0.1) is 11.8 Å². The number of rotatable bonds is 5. The number of carboxylic acids is 1. The Morgan fingerprint density at radius 2 is 1.69 bits per heavy atom. The normalized spacial score (nSPS) is 25.8. The highest BCUT2D eigenvalue weighted by Crippen LogP contribution is 2.47. The van der Waals surface area contributed by atoms with Crippen molar-refractivity contribution in [2.45, 2.75) is 12.1 Å². The molecular formula is C21H20N2O6. The lowest BCUT2D eigenvalue weighted by atomic mass is 9.86. The highest BCUT2D eigenvalue weighted by atomic mass is 16.5. The Morgan fingerprint density at radius 1 is 1.00 bits per heavy atom. The second-order valence-corrected chi connectivity index (χ2v) is 6.97. The number of hydrogen-bond acceptors (Lipinski definition) is 6. The Hall–Kier alpha value is -3.39. The van der Waals surface area contributed by atoms with Gasteiger partial charge in [0.1, 0.15) is 17.5 Å². The van der Waals surface area contributed by atoms with E-state index in [0.717, 1.165) is 4.90 Å². The molecule has 2 aliphatic heterocycles. The number of nitrogens with one attached hydrogen (secondary N) is 1. The molecule has 2 N–H and O–H groups in total. The zero-order valence-electron chi connectivity index (χ0n) is 15.9. The molecule has 2 aromatic rings. The van der Waals surface area contributed by atoms with Gasteiger partial charge in [-0.25, -0.2) is 4.90 Å². The van der Waals surface area contributed by atoms with Crippen molar-refractivity contribution in [1.29, 1.82) is 0 Å². The van der Waals surface area contributed by atoms with Gasteiger partial charge < -0.3 is 14.6 Å². The predicted octanol–water partition coefficient (Wildman–Crippen LogP) is 1.61. The molecule has 29 heavy (non-hydrogen) atoms. The van der Waals surface area contributed by atoms with E-state index in [1.165, 1.54) is 14.2 Å². The van der Waals surface area contributed by atoms with Gasteiger partial charge in [0, 0.05) is 17.7 Å². The van der Waals surface area contributed by atoms with Crippen molar-refractivity contribution in [3.05, 3.63) is 54.1 Å². The van der Waals surface area contributed by atoms with Crippen LogP contribution in [0.4, 0.5) is 5.69 Å². The van der Waals surface area contributed by atoms with Gasteiger partial charge in [-0.3, -0.25) is 19.7 Å². The molecule has 0 unspecified atom stereocenters. The summed E-state index contributed by atoms with van der Waals surface area (Å²) in [7, 11) is 3.01. The van der Waals surface area contributed by atoms with Crippen molar-refractivity contribution in [3.8, 4) is 11.5 Å². The number of hydrogen-bond donors (Lipinski definition) is 2. The minimum Gasteiger partial charge on any atom is -0.497 e. The van der Waals surface area contributed by atoms with Crippen molar-refractivity contribution in [3.63, 3.8) is 0 Å². The van der Waals surface area contributed by atoms with Gasteiger partial charge in [-0.1, -0.05) is 24.3 Å². The van der Waals surface area contributed by atoms with Crippen molar-refractivity contribution >= 4 is 23.5 Å². The number of methoxy groups -OCH3 is 2. The van der Waals surface area contributed by atoms with Gasteiger partial charge >= 0.3 is 5.97 Å². The van der Waals surface area contributed by atoms with Crippen LogP contribution < -0.4 is 19.7 Å². The Labute approximate surface area is 167 Å². The number of benzene rings is 2. The first-order chi connectivity index (χ1) is 14.0. The van der Waals surface area contributed by atoms with Gasteiger partial charge in [0.05, 0.1) is 31.7 Å². The number of carbonyl (C=O) groups excluding carboxylic acids is 2. The van der Waals surface area contributed by atoms with Gasteiger partial charge in [0.25, 0.3) is 0 Å². The van der Waals surface area contributed by atoms with Crippen molar-refractivity contribution < 1.29 is 29.0 Å². The number of ether oxygens (including phenoxy) is 2. The lowest BCUT2D eigenvalue weighted by Crippen LogP contribution is -2.43. The van der Waals surface area contributed by atoms with Gasteiger partial charge in [0.2, 0.25) is 11.8 Å². The highest BCUT2D eigenvalue weighted by molar-refractivity contribution is 6.23. The van der Waals surface area contributed by atoms with Gasteiger partial charge in [-0.15, -0.1) is 0 Å². The third-order valence-corrected chi connectivity index (χ3v) is 5.53. The van der Waals surface area contributed by atoms with Gasteiger partial charge in [-0.05, 0) is 18.2 Å². The van der Waals surface area contributed by atoms with E-state index in [9.17, 15) is 19.5 Å². The third-order valence-electron chi connectivity index (χ3n) is 5.53. The molecule has 0 radical (unpaired) electrons. The van der Waals surface area contributed by atoms with Crippen LogP contribution in [0.3, 0.4) is 0 Å². The van der Waals surface area contributed by atoms with Crippen LogP contribution in [0.15, 0.2) is 48.5 Å². The third kappa shape index (κ3) is 2.92. The second kappa shape index (κ2) is 7.21. The number of carbonyl (C=O) groups is 3. The van der Waals surface area contributed by atoms with E-state index in [-0.39, 0.29) is 0 Å². The summed E-state index contributed by atoms with van der Waals surface area (Å²) < 4.78 is 10.7. The predicted molar refractivity (Wildman–Crippen MR) is 103 cm³/mol. The first-order valence-corrected chi connectivity index (χ1v) is 9.11. The average Bonchev–Trinajstić information content (AvgIpc) is 3.25. The SMILES string of the molecule is COc1ccc([C@@H]2N[C@H](C(=O)O)[C@H]3C(=O)N(c4ccccc4)C(=O)[C@@H]32)c(OC)c1. The van der Waals surface area contributed by atoms with Crippen molar-refractivity contribution in [2.75, 3.05) is 19.1 Å². The molecule has 4 rings (SSSR count). The minimum absolute atomic E-state index is 0.426. The lowest BCUT2D eigenvalue weighted by Gasteiger charge is -2.23. The number of anilines is 1. The summed E-state index contributed by atoms with van der Waals surface area (Å²) >= 11 is 0. The maximum atomic E-state index is 13.3. The summed E-state index contributed by atoms with van der Waals surface area (Å²) in [5.74, 6) is -2.96. The monoisotopic (exact) mass is 396 g/mol. The molecule has 4 atom stereocenters. The van der Waals surface area contributed by atoms with E-state index in [1.54, 1.807) is 48.5 Å². The maximum absolute atomic E-state index is 13.3. The number of fused-ring (bicyclic) bond motifs is 1. The fourth-order valence-corrected chi connectivity index (χ4v) is 4.23. The largest absolute Gasteiger partial charge is 0.497 e. The molecule has 8 nitrogen and oxygen atoms in total. The molecule has 2 saturated heterocycles. The highest BCUT2D eigenvalue weighted by Gasteiger charge is 2.61. The fourth-order valence-electron chi connectivity index (χ4n) is 4.23. The maximum Gasteiger partial charge on any atom is 0.321 e. The first-order valence-electron chi connectivity index (χ1n) is 9.11. The molecule has 2 amide bonds. The Balaban J connectivity index is 1.79.